The number of rotatable bonds is 11. The lowest BCUT2D eigenvalue weighted by Gasteiger charge is -2.49. The molecule has 2 unspecified atom stereocenters. The van der Waals surface area contributed by atoms with E-state index in [2.05, 4.69) is 35.2 Å². The van der Waals surface area contributed by atoms with Crippen LogP contribution in [0, 0.1) is 0 Å². The molecule has 0 spiro atoms. The lowest BCUT2D eigenvalue weighted by molar-refractivity contribution is -0.235. The zero-order valence-electron chi connectivity index (χ0n) is 37.9. The first-order valence-electron chi connectivity index (χ1n) is 22.3. The summed E-state index contributed by atoms with van der Waals surface area (Å²) >= 11 is 6.63. The third-order valence-electron chi connectivity index (χ3n) is 12.5. The molecule has 1 amide bonds. The van der Waals surface area contributed by atoms with Crippen LogP contribution in [0.5, 0.6) is 0 Å². The summed E-state index contributed by atoms with van der Waals surface area (Å²) in [7, 11) is 0. The molecule has 0 radical (unpaired) electrons. The zero-order valence-corrected chi connectivity index (χ0v) is 38.6. The van der Waals surface area contributed by atoms with E-state index in [1.807, 2.05) is 0 Å². The van der Waals surface area contributed by atoms with Gasteiger partial charge in [0.05, 0.1) is 45.8 Å². The third-order valence-corrected chi connectivity index (χ3v) is 13.2. The number of aromatic nitrogens is 6. The van der Waals surface area contributed by atoms with Crippen molar-refractivity contribution < 1.29 is 45.5 Å². The lowest BCUT2D eigenvalue weighted by atomic mass is 9.60. The number of hydrogen-bond acceptors (Lipinski definition) is 10. The van der Waals surface area contributed by atoms with Crippen molar-refractivity contribution in [3.05, 3.63) is 233 Å². The fourth-order valence-corrected chi connectivity index (χ4v) is 9.36. The molecule has 364 valence electrons. The molecule has 10 rings (SSSR count). The third kappa shape index (κ3) is 8.55. The Labute approximate surface area is 420 Å². The number of Topliss-reactive ketones (excluding diaryl/α,β-unsaturated/α-hetero) is 1. The molecular formula is C56H32ClF6N7O4. The number of halogens is 7. The zero-order chi connectivity index (χ0) is 52.0. The smallest absolute Gasteiger partial charge is 0.322 e. The minimum atomic E-state index is -6.15. The quantitative estimate of drug-likeness (QED) is 0.0751. The van der Waals surface area contributed by atoms with Crippen LogP contribution in [0.25, 0.3) is 44.6 Å². The summed E-state index contributed by atoms with van der Waals surface area (Å²) in [6, 6.07) is 30.4. The first kappa shape index (κ1) is 48.5. The summed E-state index contributed by atoms with van der Waals surface area (Å²) in [6.07, 6.45) is -2.24. The second-order valence-electron chi connectivity index (χ2n) is 17.0. The fourth-order valence-electron chi connectivity index (χ4n) is 8.89. The van der Waals surface area contributed by atoms with Crippen LogP contribution in [0.4, 0.5) is 32.0 Å². The topological polar surface area (TPSA) is 158 Å². The van der Waals surface area contributed by atoms with Gasteiger partial charge in [-0.1, -0.05) is 72.8 Å². The number of alkyl halides is 7. The van der Waals surface area contributed by atoms with E-state index in [0.717, 1.165) is 24.3 Å². The number of anilines is 1. The number of nitrogens with one attached hydrogen (secondary N) is 1. The number of hydrogen-bond donors (Lipinski definition) is 1. The number of nitrogens with zero attached hydrogens (tertiary/aromatic N) is 6. The highest BCUT2D eigenvalue weighted by Crippen LogP contribution is 2.64. The van der Waals surface area contributed by atoms with Gasteiger partial charge in [0.15, 0.2) is 22.2 Å². The predicted molar refractivity (Wildman–Crippen MR) is 263 cm³/mol. The summed E-state index contributed by atoms with van der Waals surface area (Å²) in [6.45, 7) is 0. The van der Waals surface area contributed by atoms with Gasteiger partial charge >= 0.3 is 12.4 Å². The average Bonchev–Trinajstić information content (AvgIpc) is 3.43. The Morgan fingerprint density at radius 3 is 1.55 bits per heavy atom. The van der Waals surface area contributed by atoms with Crippen LogP contribution < -0.4 is 5.32 Å². The van der Waals surface area contributed by atoms with Gasteiger partial charge in [-0.05, 0) is 84.4 Å². The number of carbonyl (C=O) groups is 4. The maximum atomic E-state index is 16.3. The van der Waals surface area contributed by atoms with E-state index in [0.29, 0.717) is 57.3 Å². The number of carbonyl (C=O) groups excluding carboxylic acids is 4. The highest BCUT2D eigenvalue weighted by molar-refractivity contribution is 6.35. The lowest BCUT2D eigenvalue weighted by Crippen LogP contribution is -2.66. The van der Waals surface area contributed by atoms with Crippen LogP contribution in [0.3, 0.4) is 0 Å². The molecule has 18 heteroatoms. The summed E-state index contributed by atoms with van der Waals surface area (Å²) in [4.78, 5) is 78.5. The van der Waals surface area contributed by atoms with E-state index in [9.17, 15) is 19.2 Å². The summed E-state index contributed by atoms with van der Waals surface area (Å²) in [5.41, 5.74) is -5.96. The minimum Gasteiger partial charge on any atom is -0.322 e. The molecule has 5 aromatic carbocycles. The van der Waals surface area contributed by atoms with Gasteiger partial charge in [-0.3, -0.25) is 39.1 Å². The van der Waals surface area contributed by atoms with Gasteiger partial charge in [-0.2, -0.15) is 26.3 Å². The first-order valence-corrected chi connectivity index (χ1v) is 22.7. The largest absolute Gasteiger partial charge is 0.413 e. The molecule has 0 aliphatic heterocycles. The van der Waals surface area contributed by atoms with E-state index in [-0.39, 0.29) is 34.0 Å². The monoisotopic (exact) mass is 1020 g/mol. The normalized spacial score (nSPS) is 16.8. The van der Waals surface area contributed by atoms with Crippen LogP contribution in [-0.2, 0) is 10.2 Å². The van der Waals surface area contributed by atoms with E-state index in [4.69, 9.17) is 11.6 Å². The van der Waals surface area contributed by atoms with Crippen LogP contribution in [-0.4, -0.2) is 70.4 Å². The number of benzene rings is 5. The Morgan fingerprint density at radius 2 is 1.03 bits per heavy atom. The Bertz CT molecular complexity index is 3800. The highest BCUT2D eigenvalue weighted by atomic mass is 35.5. The van der Waals surface area contributed by atoms with Crippen molar-refractivity contribution in [2.24, 2.45) is 0 Å². The standard InChI is InChI=1S/C56H32ClF6N7O4/c57-54(56(61,62)63)48(51(73)32-8-2-1-3-9-32)41(52(74)68-40-15-5-11-34(25-40)50(72)36-17-19-43-45(27-36)70-47(31-67-43)38-13-7-23-65-29-38)20-21-53(54,55(58,59)60)39-14-4-10-33(24-39)49(71)35-16-18-42-44(26-35)69-46(30-66-42)37-12-6-22-64-28-37/h1-31H,(H,68,74). The molecule has 2 atom stereocenters. The highest BCUT2D eigenvalue weighted by Gasteiger charge is 2.79. The maximum absolute atomic E-state index is 16.3. The van der Waals surface area contributed by atoms with Gasteiger partial charge in [0.25, 0.3) is 5.91 Å². The van der Waals surface area contributed by atoms with Gasteiger partial charge in [-0.25, -0.2) is 9.97 Å². The molecule has 0 saturated heterocycles. The van der Waals surface area contributed by atoms with Crippen molar-refractivity contribution in [3.63, 3.8) is 0 Å². The first-order chi connectivity index (χ1) is 35.5. The molecule has 0 fully saturated rings. The van der Waals surface area contributed by atoms with Crippen molar-refractivity contribution in [1.82, 2.24) is 29.9 Å². The van der Waals surface area contributed by atoms with Crippen LogP contribution in [0.15, 0.2) is 200 Å². The molecule has 9 aromatic rings. The van der Waals surface area contributed by atoms with Crippen molar-refractivity contribution >= 4 is 62.6 Å². The van der Waals surface area contributed by atoms with Crippen molar-refractivity contribution in [1.29, 1.82) is 0 Å². The van der Waals surface area contributed by atoms with Crippen LogP contribution in [0.2, 0.25) is 0 Å². The molecule has 1 aliphatic carbocycles. The van der Waals surface area contributed by atoms with E-state index in [1.165, 1.54) is 79.0 Å². The number of pyridine rings is 2. The fraction of sp³-hybridized carbons (Fsp3) is 0.0714. The van der Waals surface area contributed by atoms with Gasteiger partial charge in [-0.15, -0.1) is 11.6 Å². The van der Waals surface area contributed by atoms with Gasteiger partial charge < -0.3 is 5.32 Å². The van der Waals surface area contributed by atoms with Crippen LogP contribution >= 0.6 is 11.6 Å². The van der Waals surface area contributed by atoms with E-state index in [1.54, 1.807) is 61.3 Å². The summed E-state index contributed by atoms with van der Waals surface area (Å²) in [5.74, 6) is -4.57. The number of amides is 1. The summed E-state index contributed by atoms with van der Waals surface area (Å²) < 4.78 is 97.5. The predicted octanol–water partition coefficient (Wildman–Crippen LogP) is 11.9. The number of allylic oxidation sites excluding steroid dienone is 2. The van der Waals surface area contributed by atoms with Crippen molar-refractivity contribution in [3.8, 4) is 22.5 Å². The van der Waals surface area contributed by atoms with E-state index >= 15 is 26.3 Å². The average molecular weight is 1020 g/mol. The summed E-state index contributed by atoms with van der Waals surface area (Å²) in [5, 5.41) is 2.37. The Balaban J connectivity index is 1.03. The molecule has 11 nitrogen and oxygen atoms in total. The van der Waals surface area contributed by atoms with Gasteiger partial charge in [0, 0.05) is 80.6 Å². The molecule has 0 saturated carbocycles. The second kappa shape index (κ2) is 18.8. The molecule has 74 heavy (non-hydrogen) atoms. The van der Waals surface area contributed by atoms with Gasteiger partial charge in [0.2, 0.25) is 0 Å². The minimum absolute atomic E-state index is 0.00845. The van der Waals surface area contributed by atoms with Crippen LogP contribution in [0.1, 0.15) is 47.8 Å². The van der Waals surface area contributed by atoms with Gasteiger partial charge in [0.1, 0.15) is 5.41 Å². The van der Waals surface area contributed by atoms with E-state index < -0.39 is 73.7 Å². The molecule has 1 aliphatic rings. The SMILES string of the molecule is O=C(Nc1cccc(C(=O)c2ccc3ncc(-c4cccnc4)nc3c2)c1)C1=C(C(=O)c2ccccc2)C(Cl)(C(F)(F)F)C(c2cccc(C(=O)c3ccc4ncc(-c5cccnc5)nc4c3)c2)(C(F)(F)F)C=C1. The molecular weight excluding hydrogens is 984 g/mol. The van der Waals surface area contributed by atoms with Crippen molar-refractivity contribution in [2.45, 2.75) is 22.6 Å². The molecule has 1 N–H and O–H groups in total. The molecule has 4 heterocycles. The molecule has 0 bridgehead atoms. The van der Waals surface area contributed by atoms with Crippen molar-refractivity contribution in [2.75, 3.05) is 5.32 Å². The number of ketones is 3. The molecule has 4 aromatic heterocycles. The Morgan fingerprint density at radius 1 is 0.500 bits per heavy atom. The second-order valence-corrected chi connectivity index (χ2v) is 17.5. The maximum Gasteiger partial charge on any atom is 0.413 e. The Kier molecular flexibility index (Phi) is 12.3. The Hall–Kier alpha value is -9.09. The number of fused-ring (bicyclic) bond motifs is 2.